The van der Waals surface area contributed by atoms with Crippen molar-refractivity contribution in [3.05, 3.63) is 57.6 Å². The Hall–Kier alpha value is -1.16. The molecule has 0 spiro atoms. The van der Waals surface area contributed by atoms with Gasteiger partial charge in [-0.25, -0.2) is 0 Å². The van der Waals surface area contributed by atoms with Crippen LogP contribution in [0, 0.1) is 6.92 Å². The second-order valence-electron chi connectivity index (χ2n) is 4.28. The van der Waals surface area contributed by atoms with E-state index < -0.39 is 0 Å². The summed E-state index contributed by atoms with van der Waals surface area (Å²) in [6, 6.07) is 11.8. The third kappa shape index (κ3) is 2.64. The van der Waals surface area contributed by atoms with E-state index in [1.54, 1.807) is 0 Å². The number of aryl methyl sites for hydroxylation is 1. The molecule has 0 atom stereocenters. The molecule has 0 aliphatic rings. The first-order chi connectivity index (χ1) is 8.65. The van der Waals surface area contributed by atoms with Gasteiger partial charge in [-0.3, -0.25) is 0 Å². The fraction of sp³-hybridized carbons (Fsp3) is 0.200. The summed E-state index contributed by atoms with van der Waals surface area (Å²) in [6.45, 7) is 1.98. The first kappa shape index (κ1) is 13.3. The van der Waals surface area contributed by atoms with Gasteiger partial charge in [-0.1, -0.05) is 45.8 Å². The van der Waals surface area contributed by atoms with Gasteiger partial charge >= 0.3 is 0 Å². The zero-order chi connectivity index (χ0) is 13.1. The SMILES string of the molecule is Cc1ccc(-c2ccc(Br)cc2CO)c(CO)c1. The molecule has 2 aromatic carbocycles. The van der Waals surface area contributed by atoms with Crippen molar-refractivity contribution in [3.8, 4) is 11.1 Å². The van der Waals surface area contributed by atoms with Crippen molar-refractivity contribution >= 4 is 15.9 Å². The van der Waals surface area contributed by atoms with Gasteiger partial charge in [0.15, 0.2) is 0 Å². The van der Waals surface area contributed by atoms with Crippen molar-refractivity contribution in [2.45, 2.75) is 20.1 Å². The fourth-order valence-corrected chi connectivity index (χ4v) is 2.48. The van der Waals surface area contributed by atoms with Crippen LogP contribution < -0.4 is 0 Å². The summed E-state index contributed by atoms with van der Waals surface area (Å²) in [4.78, 5) is 0. The summed E-state index contributed by atoms with van der Waals surface area (Å²) < 4.78 is 0.938. The number of aliphatic hydroxyl groups excluding tert-OH is 2. The average Bonchev–Trinajstić information content (AvgIpc) is 2.38. The molecule has 2 nitrogen and oxygen atoms in total. The van der Waals surface area contributed by atoms with Crippen molar-refractivity contribution in [2.75, 3.05) is 0 Å². The van der Waals surface area contributed by atoms with E-state index >= 15 is 0 Å². The molecule has 0 unspecified atom stereocenters. The zero-order valence-electron chi connectivity index (χ0n) is 10.2. The van der Waals surface area contributed by atoms with Gasteiger partial charge < -0.3 is 10.2 Å². The molecule has 0 aliphatic carbocycles. The lowest BCUT2D eigenvalue weighted by molar-refractivity contribution is 0.280. The van der Waals surface area contributed by atoms with E-state index in [4.69, 9.17) is 0 Å². The third-order valence-corrected chi connectivity index (χ3v) is 3.45. The van der Waals surface area contributed by atoms with Crippen LogP contribution in [0.5, 0.6) is 0 Å². The molecule has 0 aliphatic heterocycles. The summed E-state index contributed by atoms with van der Waals surface area (Å²) in [5.74, 6) is 0. The number of hydrogen-bond donors (Lipinski definition) is 2. The molecule has 0 amide bonds. The van der Waals surface area contributed by atoms with Crippen LogP contribution in [0.2, 0.25) is 0 Å². The Morgan fingerprint density at radius 3 is 2.06 bits per heavy atom. The number of halogens is 1. The highest BCUT2D eigenvalue weighted by Gasteiger charge is 2.09. The summed E-state index contributed by atoms with van der Waals surface area (Å²) in [5, 5.41) is 18.9. The maximum atomic E-state index is 9.45. The number of hydrogen-bond acceptors (Lipinski definition) is 2. The molecule has 2 rings (SSSR count). The van der Waals surface area contributed by atoms with Crippen LogP contribution in [-0.4, -0.2) is 10.2 Å². The lowest BCUT2D eigenvalue weighted by atomic mass is 9.95. The Bertz CT molecular complexity index is 513. The van der Waals surface area contributed by atoms with Crippen LogP contribution in [-0.2, 0) is 13.2 Å². The van der Waals surface area contributed by atoms with Crippen LogP contribution in [0.25, 0.3) is 11.1 Å². The van der Waals surface area contributed by atoms with E-state index in [1.165, 1.54) is 0 Å². The third-order valence-electron chi connectivity index (χ3n) is 2.96. The summed E-state index contributed by atoms with van der Waals surface area (Å²) in [6.07, 6.45) is 0. The lowest BCUT2D eigenvalue weighted by Gasteiger charge is -2.13. The molecule has 94 valence electrons. The topological polar surface area (TPSA) is 40.5 Å². The highest BCUT2D eigenvalue weighted by atomic mass is 79.9. The normalized spacial score (nSPS) is 10.7. The minimum atomic E-state index is -0.0203. The van der Waals surface area contributed by atoms with Gasteiger partial charge in [0.25, 0.3) is 0 Å². The molecule has 2 N–H and O–H groups in total. The Balaban J connectivity index is 2.61. The lowest BCUT2D eigenvalue weighted by Crippen LogP contribution is -1.95. The van der Waals surface area contributed by atoms with Gasteiger partial charge in [0.2, 0.25) is 0 Å². The summed E-state index contributed by atoms with van der Waals surface area (Å²) in [5.41, 5.74) is 4.78. The minimum absolute atomic E-state index is 0.00204. The Morgan fingerprint density at radius 2 is 1.44 bits per heavy atom. The second kappa shape index (κ2) is 5.65. The molecular weight excluding hydrogens is 292 g/mol. The summed E-state index contributed by atoms with van der Waals surface area (Å²) in [7, 11) is 0. The second-order valence-corrected chi connectivity index (χ2v) is 5.19. The van der Waals surface area contributed by atoms with E-state index in [9.17, 15) is 10.2 Å². The van der Waals surface area contributed by atoms with Crippen LogP contribution in [0.1, 0.15) is 16.7 Å². The number of rotatable bonds is 3. The van der Waals surface area contributed by atoms with Crippen LogP contribution in [0.3, 0.4) is 0 Å². The minimum Gasteiger partial charge on any atom is -0.392 e. The first-order valence-corrected chi connectivity index (χ1v) is 6.55. The van der Waals surface area contributed by atoms with Gasteiger partial charge in [-0.15, -0.1) is 0 Å². The van der Waals surface area contributed by atoms with E-state index in [1.807, 2.05) is 43.3 Å². The van der Waals surface area contributed by atoms with Crippen molar-refractivity contribution in [1.82, 2.24) is 0 Å². The molecule has 0 fully saturated rings. The van der Waals surface area contributed by atoms with E-state index in [0.29, 0.717) is 0 Å². The van der Waals surface area contributed by atoms with Gasteiger partial charge in [0.1, 0.15) is 0 Å². The predicted octanol–water partition coefficient (Wildman–Crippen LogP) is 3.41. The highest BCUT2D eigenvalue weighted by Crippen LogP contribution is 2.30. The van der Waals surface area contributed by atoms with Crippen molar-refractivity contribution in [3.63, 3.8) is 0 Å². The molecule has 0 radical (unpaired) electrons. The van der Waals surface area contributed by atoms with Gasteiger partial charge in [0, 0.05) is 4.47 Å². The fourth-order valence-electron chi connectivity index (χ4n) is 2.07. The zero-order valence-corrected chi connectivity index (χ0v) is 11.7. The molecule has 0 saturated carbocycles. The standard InChI is InChI=1S/C15H15BrO2/c1-10-2-4-14(11(6-10)8-17)15-5-3-13(16)7-12(15)9-18/h2-7,17-18H,8-9H2,1H3. The van der Waals surface area contributed by atoms with Gasteiger partial charge in [-0.05, 0) is 41.3 Å². The molecular formula is C15H15BrO2. The molecule has 18 heavy (non-hydrogen) atoms. The molecule has 0 heterocycles. The van der Waals surface area contributed by atoms with Crippen LogP contribution in [0.4, 0.5) is 0 Å². The van der Waals surface area contributed by atoms with Gasteiger partial charge in [-0.2, -0.15) is 0 Å². The van der Waals surface area contributed by atoms with Crippen LogP contribution >= 0.6 is 15.9 Å². The first-order valence-electron chi connectivity index (χ1n) is 5.75. The van der Waals surface area contributed by atoms with Crippen molar-refractivity contribution in [2.24, 2.45) is 0 Å². The molecule has 3 heteroatoms. The molecule has 0 aromatic heterocycles. The summed E-state index contributed by atoms with van der Waals surface area (Å²) >= 11 is 3.40. The smallest absolute Gasteiger partial charge is 0.0688 e. The molecule has 0 bridgehead atoms. The van der Waals surface area contributed by atoms with Gasteiger partial charge in [0.05, 0.1) is 13.2 Å². The number of aliphatic hydroxyl groups is 2. The largest absolute Gasteiger partial charge is 0.392 e. The van der Waals surface area contributed by atoms with E-state index in [2.05, 4.69) is 15.9 Å². The maximum absolute atomic E-state index is 9.45. The average molecular weight is 307 g/mol. The molecule has 0 saturated heterocycles. The van der Waals surface area contributed by atoms with E-state index in [0.717, 1.165) is 32.3 Å². The maximum Gasteiger partial charge on any atom is 0.0688 e. The number of benzene rings is 2. The highest BCUT2D eigenvalue weighted by molar-refractivity contribution is 9.10. The Morgan fingerprint density at radius 1 is 0.889 bits per heavy atom. The predicted molar refractivity (Wildman–Crippen MR) is 76.2 cm³/mol. The Labute approximate surface area is 115 Å². The van der Waals surface area contributed by atoms with Crippen molar-refractivity contribution < 1.29 is 10.2 Å². The monoisotopic (exact) mass is 306 g/mol. The Kier molecular flexibility index (Phi) is 4.17. The molecule has 2 aromatic rings. The van der Waals surface area contributed by atoms with Crippen molar-refractivity contribution in [1.29, 1.82) is 0 Å². The van der Waals surface area contributed by atoms with E-state index in [-0.39, 0.29) is 13.2 Å². The van der Waals surface area contributed by atoms with Crippen LogP contribution in [0.15, 0.2) is 40.9 Å². The quantitative estimate of drug-likeness (QED) is 0.912.